The van der Waals surface area contributed by atoms with Gasteiger partial charge in [-0.3, -0.25) is 9.59 Å². The number of carbonyl (C=O) groups excluding carboxylic acids is 2. The predicted octanol–water partition coefficient (Wildman–Crippen LogP) is 4.44. The number of benzene rings is 3. The summed E-state index contributed by atoms with van der Waals surface area (Å²) < 4.78 is 5.91. The van der Waals surface area contributed by atoms with Crippen LogP contribution in [-0.4, -0.2) is 29.9 Å². The van der Waals surface area contributed by atoms with Gasteiger partial charge in [0.2, 0.25) is 0 Å². The van der Waals surface area contributed by atoms with Crippen molar-refractivity contribution in [2.45, 2.75) is 39.2 Å². The van der Waals surface area contributed by atoms with Gasteiger partial charge in [-0.25, -0.2) is 0 Å². The van der Waals surface area contributed by atoms with E-state index in [2.05, 4.69) is 6.07 Å². The number of hydrogen-bond donors (Lipinski definition) is 1. The van der Waals surface area contributed by atoms with Crippen LogP contribution in [-0.2, 0) is 15.2 Å². The van der Waals surface area contributed by atoms with Gasteiger partial charge in [0.25, 0.3) is 5.91 Å². The number of Topliss-reactive ketones (excluding diaryl/α,β-unsaturated/α-hetero) is 1. The van der Waals surface area contributed by atoms with Gasteiger partial charge in [0.1, 0.15) is 11.5 Å². The highest BCUT2D eigenvalue weighted by molar-refractivity contribution is 6.09. The quantitative estimate of drug-likeness (QED) is 0.577. The first-order valence-electron chi connectivity index (χ1n) is 10.6. The molecule has 1 atom stereocenters. The van der Waals surface area contributed by atoms with E-state index in [0.717, 1.165) is 33.3 Å². The fourth-order valence-electron chi connectivity index (χ4n) is 4.51. The maximum Gasteiger partial charge on any atom is 0.264 e. The third-order valence-electron chi connectivity index (χ3n) is 5.89. The van der Waals surface area contributed by atoms with E-state index in [0.29, 0.717) is 25.1 Å². The smallest absolute Gasteiger partial charge is 0.264 e. The average Bonchev–Trinajstić information content (AvgIpc) is 2.95. The number of nitrogens with zero attached hydrogens (tertiary/aromatic N) is 1. The molecule has 3 aromatic carbocycles. The zero-order chi connectivity index (χ0) is 22.2. The Labute approximate surface area is 182 Å². The molecule has 31 heavy (non-hydrogen) atoms. The molecule has 0 bridgehead atoms. The van der Waals surface area contributed by atoms with E-state index < -0.39 is 11.5 Å². The van der Waals surface area contributed by atoms with Crippen molar-refractivity contribution in [1.29, 1.82) is 0 Å². The molecular formula is C26H27NO4. The Bertz CT molecular complexity index is 1170. The number of anilines is 1. The van der Waals surface area contributed by atoms with E-state index in [4.69, 9.17) is 4.74 Å². The molecule has 0 aromatic heterocycles. The third kappa shape index (κ3) is 3.81. The highest BCUT2D eigenvalue weighted by Gasteiger charge is 2.51. The van der Waals surface area contributed by atoms with Crippen LogP contribution in [0.25, 0.3) is 10.8 Å². The fraction of sp³-hybridized carbons (Fsp3) is 0.308. The highest BCUT2D eigenvalue weighted by atomic mass is 16.5. The lowest BCUT2D eigenvalue weighted by Crippen LogP contribution is -2.42. The monoisotopic (exact) mass is 417 g/mol. The van der Waals surface area contributed by atoms with Gasteiger partial charge >= 0.3 is 0 Å². The first kappa shape index (κ1) is 21.1. The summed E-state index contributed by atoms with van der Waals surface area (Å²) >= 11 is 0. The van der Waals surface area contributed by atoms with E-state index in [1.165, 1.54) is 6.92 Å². The largest absolute Gasteiger partial charge is 0.494 e. The molecule has 1 aliphatic heterocycles. The summed E-state index contributed by atoms with van der Waals surface area (Å²) in [6.07, 6.45) is 0.384. The Morgan fingerprint density at radius 1 is 1.03 bits per heavy atom. The predicted molar refractivity (Wildman–Crippen MR) is 122 cm³/mol. The lowest BCUT2D eigenvalue weighted by atomic mass is 9.86. The summed E-state index contributed by atoms with van der Waals surface area (Å²) in [6.45, 7) is 6.03. The lowest BCUT2D eigenvalue weighted by molar-refractivity contribution is -0.141. The zero-order valence-electron chi connectivity index (χ0n) is 18.1. The van der Waals surface area contributed by atoms with Gasteiger partial charge in [-0.2, -0.15) is 0 Å². The number of ether oxygens (including phenoxy) is 1. The van der Waals surface area contributed by atoms with Crippen LogP contribution in [0.3, 0.4) is 0 Å². The van der Waals surface area contributed by atoms with E-state index >= 15 is 0 Å². The zero-order valence-corrected chi connectivity index (χ0v) is 18.1. The van der Waals surface area contributed by atoms with Crippen molar-refractivity contribution in [2.24, 2.45) is 0 Å². The molecule has 5 heteroatoms. The number of aryl methyl sites for hydroxylation is 2. The number of rotatable bonds is 7. The molecule has 3 aromatic rings. The molecule has 1 heterocycles. The Balaban J connectivity index is 1.50. The number of ketones is 1. The second kappa shape index (κ2) is 8.16. The average molecular weight is 418 g/mol. The van der Waals surface area contributed by atoms with Crippen molar-refractivity contribution in [1.82, 2.24) is 0 Å². The molecular weight excluding hydrogens is 390 g/mol. The van der Waals surface area contributed by atoms with E-state index in [-0.39, 0.29) is 12.2 Å². The molecule has 160 valence electrons. The van der Waals surface area contributed by atoms with Gasteiger partial charge in [-0.05, 0) is 61.2 Å². The summed E-state index contributed by atoms with van der Waals surface area (Å²) in [4.78, 5) is 26.7. The molecule has 0 aliphatic carbocycles. The van der Waals surface area contributed by atoms with Crippen molar-refractivity contribution in [3.8, 4) is 5.75 Å². The van der Waals surface area contributed by atoms with Crippen molar-refractivity contribution in [3.63, 3.8) is 0 Å². The summed E-state index contributed by atoms with van der Waals surface area (Å²) in [5.74, 6) is 0.136. The molecule has 0 saturated heterocycles. The Morgan fingerprint density at radius 3 is 2.48 bits per heavy atom. The van der Waals surface area contributed by atoms with Gasteiger partial charge < -0.3 is 14.7 Å². The van der Waals surface area contributed by atoms with Crippen molar-refractivity contribution >= 4 is 28.2 Å². The molecule has 4 rings (SSSR count). The maximum absolute atomic E-state index is 13.2. The summed E-state index contributed by atoms with van der Waals surface area (Å²) in [6, 6.07) is 17.9. The minimum Gasteiger partial charge on any atom is -0.494 e. The molecule has 0 radical (unpaired) electrons. The van der Waals surface area contributed by atoms with Crippen molar-refractivity contribution in [3.05, 3.63) is 71.3 Å². The van der Waals surface area contributed by atoms with Gasteiger partial charge in [0, 0.05) is 18.5 Å². The second-order valence-corrected chi connectivity index (χ2v) is 8.33. The number of amides is 1. The summed E-state index contributed by atoms with van der Waals surface area (Å²) in [5, 5.41) is 13.5. The molecule has 0 saturated carbocycles. The van der Waals surface area contributed by atoms with E-state index in [1.54, 1.807) is 4.90 Å². The fourth-order valence-corrected chi connectivity index (χ4v) is 4.51. The van der Waals surface area contributed by atoms with E-state index in [1.807, 2.05) is 62.4 Å². The normalized spacial score (nSPS) is 17.8. The van der Waals surface area contributed by atoms with Gasteiger partial charge in [0.15, 0.2) is 5.60 Å². The van der Waals surface area contributed by atoms with Gasteiger partial charge in [0.05, 0.1) is 12.3 Å². The number of carbonyl (C=O) groups is 2. The summed E-state index contributed by atoms with van der Waals surface area (Å²) in [7, 11) is 0. The maximum atomic E-state index is 13.2. The topological polar surface area (TPSA) is 66.8 Å². The van der Waals surface area contributed by atoms with Crippen LogP contribution >= 0.6 is 0 Å². The van der Waals surface area contributed by atoms with Crippen LogP contribution in [0.2, 0.25) is 0 Å². The van der Waals surface area contributed by atoms with Crippen LogP contribution < -0.4 is 9.64 Å². The van der Waals surface area contributed by atoms with E-state index in [9.17, 15) is 14.7 Å². The minimum atomic E-state index is -1.80. The Kier molecular flexibility index (Phi) is 5.54. The van der Waals surface area contributed by atoms with Crippen LogP contribution in [0.4, 0.5) is 5.69 Å². The Morgan fingerprint density at radius 2 is 1.74 bits per heavy atom. The standard InChI is InChI=1S/C26H27NO4/c1-17-9-10-18(2)24-23(17)26(30,16-19(3)28)25(29)27(24)13-6-14-31-22-12-11-20-7-4-5-8-21(20)15-22/h4-5,7-12,15,30H,6,13-14,16H2,1-3H3. The molecule has 0 fully saturated rings. The first-order chi connectivity index (χ1) is 14.8. The van der Waals surface area contributed by atoms with Crippen LogP contribution in [0.1, 0.15) is 36.5 Å². The summed E-state index contributed by atoms with van der Waals surface area (Å²) in [5.41, 5.74) is 1.20. The third-order valence-corrected chi connectivity index (χ3v) is 5.89. The lowest BCUT2D eigenvalue weighted by Gasteiger charge is -2.22. The van der Waals surface area contributed by atoms with Crippen molar-refractivity contribution in [2.75, 3.05) is 18.1 Å². The molecule has 1 amide bonds. The second-order valence-electron chi connectivity index (χ2n) is 8.33. The Hall–Kier alpha value is -3.18. The number of hydrogen-bond acceptors (Lipinski definition) is 4. The SMILES string of the molecule is CC(=O)CC1(O)C(=O)N(CCCOc2ccc3ccccc3c2)c2c(C)ccc(C)c21. The number of aliphatic hydroxyl groups is 1. The molecule has 1 unspecified atom stereocenters. The molecule has 1 aliphatic rings. The van der Waals surface area contributed by atoms with Crippen LogP contribution in [0, 0.1) is 13.8 Å². The first-order valence-corrected chi connectivity index (χ1v) is 10.6. The van der Waals surface area contributed by atoms with Gasteiger partial charge in [-0.1, -0.05) is 42.5 Å². The van der Waals surface area contributed by atoms with Crippen LogP contribution in [0.5, 0.6) is 5.75 Å². The highest BCUT2D eigenvalue weighted by Crippen LogP contribution is 2.46. The molecule has 0 spiro atoms. The van der Waals surface area contributed by atoms with Gasteiger partial charge in [-0.15, -0.1) is 0 Å². The minimum absolute atomic E-state index is 0.215. The van der Waals surface area contributed by atoms with Crippen LogP contribution in [0.15, 0.2) is 54.6 Å². The molecule has 5 nitrogen and oxygen atoms in total. The van der Waals surface area contributed by atoms with Crippen molar-refractivity contribution < 1.29 is 19.4 Å². The molecule has 1 N–H and O–H groups in total. The number of fused-ring (bicyclic) bond motifs is 2.